The lowest BCUT2D eigenvalue weighted by Gasteiger charge is -2.18. The second-order valence-electron chi connectivity index (χ2n) is 7.45. The highest BCUT2D eigenvalue weighted by Gasteiger charge is 2.23. The molecule has 2 aromatic heterocycles. The fourth-order valence-corrected chi connectivity index (χ4v) is 5.97. The van der Waals surface area contributed by atoms with Gasteiger partial charge in [0.25, 0.3) is 5.91 Å². The van der Waals surface area contributed by atoms with E-state index < -0.39 is 0 Å². The molecular formula is C22H25N3O2S2. The van der Waals surface area contributed by atoms with Gasteiger partial charge in [-0.2, -0.15) is 0 Å². The zero-order valence-corrected chi connectivity index (χ0v) is 18.6. The molecule has 0 spiro atoms. The molecule has 4 rings (SSSR count). The van der Waals surface area contributed by atoms with Crippen LogP contribution in [0.1, 0.15) is 57.7 Å². The number of rotatable bonds is 6. The summed E-state index contributed by atoms with van der Waals surface area (Å²) in [6.45, 7) is 6.11. The molecule has 2 heterocycles. The predicted molar refractivity (Wildman–Crippen MR) is 118 cm³/mol. The Labute approximate surface area is 179 Å². The van der Waals surface area contributed by atoms with Crippen LogP contribution in [0.2, 0.25) is 0 Å². The van der Waals surface area contributed by atoms with Crippen LogP contribution in [0.3, 0.4) is 0 Å². The fraction of sp³-hybridized carbons (Fsp3) is 0.409. The first kappa shape index (κ1) is 20.2. The van der Waals surface area contributed by atoms with Gasteiger partial charge < -0.3 is 4.52 Å². The summed E-state index contributed by atoms with van der Waals surface area (Å²) in [7, 11) is 0. The third kappa shape index (κ3) is 4.41. The monoisotopic (exact) mass is 427 g/mol. The van der Waals surface area contributed by atoms with Crippen molar-refractivity contribution in [1.29, 1.82) is 0 Å². The van der Waals surface area contributed by atoms with Gasteiger partial charge in [0.05, 0.1) is 17.0 Å². The number of hydrogen-bond acceptors (Lipinski definition) is 6. The standard InChI is InChI=1S/C22H25N3O2S2/c1-4-15-9-10-18-20(11-15)29-22(23-18)24-21(26)16-7-5-6-8-19(16)28-12-17-13(2)25-27-14(17)3/h5-8,15H,4,9-12H2,1-3H3,(H,23,24,26). The number of carbonyl (C=O) groups is 1. The maximum absolute atomic E-state index is 13.0. The van der Waals surface area contributed by atoms with Gasteiger partial charge in [0.1, 0.15) is 5.76 Å². The molecule has 0 saturated carbocycles. The molecule has 0 bridgehead atoms. The molecule has 29 heavy (non-hydrogen) atoms. The Kier molecular flexibility index (Phi) is 6.06. The lowest BCUT2D eigenvalue weighted by molar-refractivity contribution is 0.102. The predicted octanol–water partition coefficient (Wildman–Crippen LogP) is 5.81. The van der Waals surface area contributed by atoms with E-state index in [1.165, 1.54) is 17.7 Å². The first-order valence-corrected chi connectivity index (χ1v) is 11.8. The molecule has 0 saturated heterocycles. The summed E-state index contributed by atoms with van der Waals surface area (Å²) >= 11 is 3.25. The third-order valence-corrected chi connectivity index (χ3v) is 7.66. The van der Waals surface area contributed by atoms with Crippen molar-refractivity contribution in [3.63, 3.8) is 0 Å². The molecule has 1 aliphatic rings. The number of aromatic nitrogens is 2. The minimum absolute atomic E-state index is 0.106. The molecule has 1 N–H and O–H groups in total. The second kappa shape index (κ2) is 8.71. The molecule has 7 heteroatoms. The SMILES string of the molecule is CCC1CCc2nc(NC(=O)c3ccccc3SCc3c(C)noc3C)sc2C1. The lowest BCUT2D eigenvalue weighted by Crippen LogP contribution is -2.13. The van der Waals surface area contributed by atoms with Gasteiger partial charge in [-0.25, -0.2) is 4.98 Å². The number of anilines is 1. The summed E-state index contributed by atoms with van der Waals surface area (Å²) in [6.07, 6.45) is 4.50. The Hall–Kier alpha value is -2.12. The van der Waals surface area contributed by atoms with E-state index in [-0.39, 0.29) is 5.91 Å². The van der Waals surface area contributed by atoms with Crippen LogP contribution in [0.4, 0.5) is 5.13 Å². The first-order chi connectivity index (χ1) is 14.0. The Morgan fingerprint density at radius 1 is 1.34 bits per heavy atom. The van der Waals surface area contributed by atoms with Crippen molar-refractivity contribution in [2.45, 2.75) is 57.1 Å². The number of aryl methyl sites for hydroxylation is 3. The molecule has 1 amide bonds. The van der Waals surface area contributed by atoms with Gasteiger partial charge in [0, 0.05) is 21.1 Å². The van der Waals surface area contributed by atoms with Crippen molar-refractivity contribution < 1.29 is 9.32 Å². The molecule has 1 aromatic carbocycles. The number of nitrogens with one attached hydrogen (secondary N) is 1. The molecular weight excluding hydrogens is 402 g/mol. The number of thiazole rings is 1. The number of benzene rings is 1. The lowest BCUT2D eigenvalue weighted by atomic mass is 9.89. The first-order valence-electron chi connectivity index (χ1n) is 9.98. The quantitative estimate of drug-likeness (QED) is 0.503. The maximum Gasteiger partial charge on any atom is 0.258 e. The van der Waals surface area contributed by atoms with Crippen molar-refractivity contribution in [2.75, 3.05) is 5.32 Å². The van der Waals surface area contributed by atoms with Crippen LogP contribution in [0.5, 0.6) is 0 Å². The van der Waals surface area contributed by atoms with E-state index >= 15 is 0 Å². The Balaban J connectivity index is 1.48. The van der Waals surface area contributed by atoms with Gasteiger partial charge >= 0.3 is 0 Å². The number of carbonyl (C=O) groups excluding carboxylic acids is 1. The van der Waals surface area contributed by atoms with Gasteiger partial charge in [-0.1, -0.05) is 30.6 Å². The number of nitrogens with zero attached hydrogens (tertiary/aromatic N) is 2. The van der Waals surface area contributed by atoms with E-state index in [1.807, 2.05) is 38.1 Å². The van der Waals surface area contributed by atoms with Crippen molar-refractivity contribution in [3.05, 3.63) is 57.4 Å². The largest absolute Gasteiger partial charge is 0.361 e. The molecule has 1 aliphatic carbocycles. The van der Waals surface area contributed by atoms with Crippen LogP contribution in [0, 0.1) is 19.8 Å². The number of fused-ring (bicyclic) bond motifs is 1. The van der Waals surface area contributed by atoms with Crippen LogP contribution >= 0.6 is 23.1 Å². The van der Waals surface area contributed by atoms with E-state index in [0.717, 1.165) is 52.1 Å². The maximum atomic E-state index is 13.0. The summed E-state index contributed by atoms with van der Waals surface area (Å²) in [5, 5.41) is 7.75. The molecule has 152 valence electrons. The van der Waals surface area contributed by atoms with Crippen molar-refractivity contribution in [1.82, 2.24) is 10.1 Å². The van der Waals surface area contributed by atoms with Crippen LogP contribution in [-0.2, 0) is 18.6 Å². The highest BCUT2D eigenvalue weighted by atomic mass is 32.2. The van der Waals surface area contributed by atoms with E-state index in [2.05, 4.69) is 22.4 Å². The van der Waals surface area contributed by atoms with Gasteiger partial charge in [-0.3, -0.25) is 10.1 Å². The fourth-order valence-electron chi connectivity index (χ4n) is 3.65. The summed E-state index contributed by atoms with van der Waals surface area (Å²) in [4.78, 5) is 19.9. The minimum atomic E-state index is -0.106. The van der Waals surface area contributed by atoms with Crippen LogP contribution < -0.4 is 5.32 Å². The molecule has 0 aliphatic heterocycles. The van der Waals surface area contributed by atoms with Crippen LogP contribution in [0.25, 0.3) is 0 Å². The molecule has 1 unspecified atom stereocenters. The zero-order chi connectivity index (χ0) is 20.4. The number of hydrogen-bond donors (Lipinski definition) is 1. The van der Waals surface area contributed by atoms with Crippen LogP contribution in [-0.4, -0.2) is 16.0 Å². The van der Waals surface area contributed by atoms with E-state index in [0.29, 0.717) is 10.7 Å². The van der Waals surface area contributed by atoms with Gasteiger partial charge in [0.2, 0.25) is 0 Å². The summed E-state index contributed by atoms with van der Waals surface area (Å²) in [6, 6.07) is 7.70. The summed E-state index contributed by atoms with van der Waals surface area (Å²) in [5.74, 6) is 2.18. The Morgan fingerprint density at radius 2 is 2.17 bits per heavy atom. The minimum Gasteiger partial charge on any atom is -0.361 e. The zero-order valence-electron chi connectivity index (χ0n) is 16.9. The average molecular weight is 428 g/mol. The van der Waals surface area contributed by atoms with Gasteiger partial charge in [0.15, 0.2) is 5.13 Å². The van der Waals surface area contributed by atoms with Crippen molar-refractivity contribution in [2.24, 2.45) is 5.92 Å². The van der Waals surface area contributed by atoms with Gasteiger partial charge in [-0.05, 0) is 51.2 Å². The number of thioether (sulfide) groups is 1. The molecule has 3 aromatic rings. The molecule has 1 atom stereocenters. The van der Waals surface area contributed by atoms with Crippen molar-refractivity contribution >= 4 is 34.1 Å². The van der Waals surface area contributed by atoms with E-state index in [9.17, 15) is 4.79 Å². The van der Waals surface area contributed by atoms with E-state index in [4.69, 9.17) is 4.52 Å². The topological polar surface area (TPSA) is 68.0 Å². The van der Waals surface area contributed by atoms with Crippen molar-refractivity contribution in [3.8, 4) is 0 Å². The number of amides is 1. The highest BCUT2D eigenvalue weighted by molar-refractivity contribution is 7.98. The molecule has 0 radical (unpaired) electrons. The average Bonchev–Trinajstić information content (AvgIpc) is 3.27. The molecule has 5 nitrogen and oxygen atoms in total. The van der Waals surface area contributed by atoms with Gasteiger partial charge in [-0.15, -0.1) is 23.1 Å². The second-order valence-corrected chi connectivity index (χ2v) is 9.55. The van der Waals surface area contributed by atoms with E-state index in [1.54, 1.807) is 23.1 Å². The summed E-state index contributed by atoms with van der Waals surface area (Å²) in [5.41, 5.74) is 3.82. The molecule has 0 fully saturated rings. The smallest absolute Gasteiger partial charge is 0.258 e. The Morgan fingerprint density at radius 3 is 2.93 bits per heavy atom. The third-order valence-electron chi connectivity index (χ3n) is 5.52. The normalized spacial score (nSPS) is 15.9. The summed E-state index contributed by atoms with van der Waals surface area (Å²) < 4.78 is 5.25. The van der Waals surface area contributed by atoms with Crippen LogP contribution in [0.15, 0.2) is 33.7 Å². The highest BCUT2D eigenvalue weighted by Crippen LogP contribution is 2.34. The Bertz CT molecular complexity index is 1010.